The van der Waals surface area contributed by atoms with E-state index in [1.54, 1.807) is 11.8 Å². The molecule has 0 fully saturated rings. The van der Waals surface area contributed by atoms with Crippen LogP contribution in [-0.4, -0.2) is 11.3 Å². The van der Waals surface area contributed by atoms with Gasteiger partial charge in [-0.3, -0.25) is 4.79 Å². The van der Waals surface area contributed by atoms with Gasteiger partial charge in [-0.15, -0.1) is 0 Å². The third-order valence-corrected chi connectivity index (χ3v) is 3.41. The Morgan fingerprint density at radius 1 is 1.69 bits per heavy atom. The van der Waals surface area contributed by atoms with E-state index in [0.717, 1.165) is 24.2 Å². The monoisotopic (exact) mass is 213 g/mol. The summed E-state index contributed by atoms with van der Waals surface area (Å²) in [6, 6.07) is 0. The van der Waals surface area contributed by atoms with E-state index in [0.29, 0.717) is 16.6 Å². The summed E-state index contributed by atoms with van der Waals surface area (Å²) in [4.78, 5) is 14.8. The Morgan fingerprint density at radius 2 is 2.54 bits per heavy atom. The van der Waals surface area contributed by atoms with Crippen molar-refractivity contribution in [2.24, 2.45) is 10.9 Å². The Hall–Kier alpha value is -0.540. The van der Waals surface area contributed by atoms with Crippen LogP contribution in [0.25, 0.3) is 0 Å². The molecule has 2 aliphatic heterocycles. The van der Waals surface area contributed by atoms with Gasteiger partial charge in [0.1, 0.15) is 11.4 Å². The Balaban J connectivity index is 2.32. The van der Waals surface area contributed by atoms with Gasteiger partial charge in [0.2, 0.25) is 0 Å². The maximum absolute atomic E-state index is 10.6. The summed E-state index contributed by atoms with van der Waals surface area (Å²) in [5.74, 6) is 0.371. The topological polar surface area (TPSA) is 29.4 Å². The summed E-state index contributed by atoms with van der Waals surface area (Å²) in [5.41, 5.74) is 0.623. The number of rotatable bonds is 1. The van der Waals surface area contributed by atoms with Crippen LogP contribution in [0.1, 0.15) is 12.8 Å². The van der Waals surface area contributed by atoms with Crippen LogP contribution in [0.15, 0.2) is 27.2 Å². The lowest BCUT2D eigenvalue weighted by Gasteiger charge is -2.03. The maximum Gasteiger partial charge on any atom is 0.149 e. The fraction of sp³-hybridized carbons (Fsp3) is 0.333. The summed E-state index contributed by atoms with van der Waals surface area (Å²) in [6.45, 7) is 0. The smallest absolute Gasteiger partial charge is 0.149 e. The molecule has 1 unspecified atom stereocenters. The number of aldehydes is 1. The number of carbonyl (C=O) groups is 1. The second-order valence-corrected chi connectivity index (χ2v) is 4.26. The lowest BCUT2D eigenvalue weighted by atomic mass is 10.0. The quantitative estimate of drug-likeness (QED) is 0.495. The highest BCUT2D eigenvalue weighted by Gasteiger charge is 2.22. The first-order chi connectivity index (χ1) is 6.31. The predicted octanol–water partition coefficient (Wildman–Crippen LogP) is 2.70. The van der Waals surface area contributed by atoms with Crippen LogP contribution < -0.4 is 0 Å². The highest BCUT2D eigenvalue weighted by Crippen LogP contribution is 2.33. The van der Waals surface area contributed by atoms with Crippen LogP contribution in [-0.2, 0) is 4.79 Å². The molecule has 2 rings (SSSR count). The number of thioether (sulfide) groups is 1. The van der Waals surface area contributed by atoms with Crippen molar-refractivity contribution >= 4 is 34.7 Å². The molecular formula is C9H8ClNOS. The predicted molar refractivity (Wildman–Crippen MR) is 55.8 cm³/mol. The van der Waals surface area contributed by atoms with E-state index in [1.807, 2.05) is 5.41 Å². The molecule has 13 heavy (non-hydrogen) atoms. The number of carbonyl (C=O) groups excluding carboxylic acids is 1. The third-order valence-electron chi connectivity index (χ3n) is 2.16. The van der Waals surface area contributed by atoms with E-state index in [4.69, 9.17) is 11.6 Å². The molecule has 1 atom stereocenters. The molecular weight excluding hydrogens is 206 g/mol. The fourth-order valence-corrected chi connectivity index (χ4v) is 2.60. The number of halogens is 1. The lowest BCUT2D eigenvalue weighted by Crippen LogP contribution is -2.02. The van der Waals surface area contributed by atoms with Crippen molar-refractivity contribution in [2.45, 2.75) is 12.8 Å². The van der Waals surface area contributed by atoms with Crippen molar-refractivity contribution in [2.75, 3.05) is 0 Å². The number of fused-ring (bicyclic) bond motifs is 1. The molecule has 0 aromatic rings. The largest absolute Gasteiger partial charge is 0.298 e. The van der Waals surface area contributed by atoms with Gasteiger partial charge in [-0.05, 0) is 18.2 Å². The SMILES string of the molecule is O=CC1=C(Cl)N=C2SC=CC2CC1. The molecule has 0 amide bonds. The molecule has 0 saturated carbocycles. The van der Waals surface area contributed by atoms with Gasteiger partial charge < -0.3 is 0 Å². The van der Waals surface area contributed by atoms with Gasteiger partial charge in [0.15, 0.2) is 0 Å². The van der Waals surface area contributed by atoms with Crippen LogP contribution in [0.3, 0.4) is 0 Å². The van der Waals surface area contributed by atoms with E-state index >= 15 is 0 Å². The van der Waals surface area contributed by atoms with E-state index in [9.17, 15) is 4.79 Å². The van der Waals surface area contributed by atoms with Gasteiger partial charge in [0.05, 0.1) is 5.04 Å². The van der Waals surface area contributed by atoms with Gasteiger partial charge in [-0.1, -0.05) is 29.4 Å². The summed E-state index contributed by atoms with van der Waals surface area (Å²) >= 11 is 7.46. The molecule has 0 saturated heterocycles. The molecule has 0 radical (unpaired) electrons. The molecule has 0 aromatic carbocycles. The minimum absolute atomic E-state index is 0.365. The molecule has 0 bridgehead atoms. The van der Waals surface area contributed by atoms with Crippen molar-refractivity contribution in [1.29, 1.82) is 0 Å². The number of hydrogen-bond donors (Lipinski definition) is 0. The molecule has 0 aromatic heterocycles. The van der Waals surface area contributed by atoms with E-state index in [1.165, 1.54) is 0 Å². The first-order valence-electron chi connectivity index (χ1n) is 4.07. The van der Waals surface area contributed by atoms with Crippen LogP contribution in [0.4, 0.5) is 0 Å². The zero-order valence-corrected chi connectivity index (χ0v) is 8.44. The van der Waals surface area contributed by atoms with Gasteiger partial charge in [0.25, 0.3) is 0 Å². The van der Waals surface area contributed by atoms with Gasteiger partial charge in [0, 0.05) is 11.5 Å². The van der Waals surface area contributed by atoms with Crippen LogP contribution in [0.5, 0.6) is 0 Å². The second-order valence-electron chi connectivity index (χ2n) is 2.98. The number of allylic oxidation sites excluding steroid dienone is 2. The zero-order chi connectivity index (χ0) is 9.26. The molecule has 2 aliphatic rings. The number of aliphatic imine (C=N–C) groups is 1. The first-order valence-corrected chi connectivity index (χ1v) is 5.33. The van der Waals surface area contributed by atoms with Crippen molar-refractivity contribution in [3.05, 3.63) is 22.2 Å². The Labute approximate surface area is 85.8 Å². The Bertz CT molecular complexity index is 333. The van der Waals surface area contributed by atoms with Crippen molar-refractivity contribution in [3.8, 4) is 0 Å². The van der Waals surface area contributed by atoms with E-state index < -0.39 is 0 Å². The molecule has 0 aliphatic carbocycles. The van der Waals surface area contributed by atoms with Gasteiger partial charge >= 0.3 is 0 Å². The molecule has 0 N–H and O–H groups in total. The minimum atomic E-state index is 0.365. The second kappa shape index (κ2) is 3.68. The molecule has 0 spiro atoms. The van der Waals surface area contributed by atoms with Gasteiger partial charge in [-0.25, -0.2) is 4.99 Å². The fourth-order valence-electron chi connectivity index (χ4n) is 1.39. The standard InChI is InChI=1S/C9H8ClNOS/c10-8-7(5-12)2-1-6-3-4-13-9(6)11-8/h3-6H,1-2H2. The highest BCUT2D eigenvalue weighted by atomic mass is 35.5. The Morgan fingerprint density at radius 3 is 3.31 bits per heavy atom. The summed E-state index contributed by atoms with van der Waals surface area (Å²) in [5, 5.41) is 3.41. The molecule has 4 heteroatoms. The van der Waals surface area contributed by atoms with Crippen molar-refractivity contribution in [1.82, 2.24) is 0 Å². The maximum atomic E-state index is 10.6. The zero-order valence-electron chi connectivity index (χ0n) is 6.87. The molecule has 68 valence electrons. The third kappa shape index (κ3) is 1.71. The van der Waals surface area contributed by atoms with Crippen molar-refractivity contribution in [3.63, 3.8) is 0 Å². The van der Waals surface area contributed by atoms with E-state index in [-0.39, 0.29) is 0 Å². The molecule has 2 heterocycles. The highest BCUT2D eigenvalue weighted by molar-refractivity contribution is 8.16. The Kier molecular flexibility index (Phi) is 2.56. The van der Waals surface area contributed by atoms with Crippen molar-refractivity contribution < 1.29 is 4.79 Å². The molecule has 2 nitrogen and oxygen atoms in total. The minimum Gasteiger partial charge on any atom is -0.298 e. The average Bonchev–Trinajstić information content (AvgIpc) is 2.48. The summed E-state index contributed by atoms with van der Waals surface area (Å²) in [7, 11) is 0. The van der Waals surface area contributed by atoms with E-state index in [2.05, 4.69) is 11.1 Å². The van der Waals surface area contributed by atoms with Gasteiger partial charge in [-0.2, -0.15) is 0 Å². The van der Waals surface area contributed by atoms with Crippen LogP contribution in [0, 0.1) is 5.92 Å². The average molecular weight is 214 g/mol. The lowest BCUT2D eigenvalue weighted by molar-refractivity contribution is -0.105. The number of hydrogen-bond acceptors (Lipinski definition) is 3. The normalized spacial score (nSPS) is 26.8. The number of nitrogens with zero attached hydrogens (tertiary/aromatic N) is 1. The van der Waals surface area contributed by atoms with Crippen LogP contribution >= 0.6 is 23.4 Å². The summed E-state index contributed by atoms with van der Waals surface area (Å²) in [6.07, 6.45) is 4.58. The van der Waals surface area contributed by atoms with Crippen LogP contribution in [0.2, 0.25) is 0 Å². The first kappa shape index (κ1) is 9.03. The summed E-state index contributed by atoms with van der Waals surface area (Å²) < 4.78 is 0.